The van der Waals surface area contributed by atoms with E-state index in [1.54, 1.807) is 31.1 Å². The predicted molar refractivity (Wildman–Crippen MR) is 81.4 cm³/mol. The number of hydrogen-bond donors (Lipinski definition) is 2. The van der Waals surface area contributed by atoms with Crippen LogP contribution in [0.4, 0.5) is 11.4 Å². The molecule has 0 aliphatic heterocycles. The lowest BCUT2D eigenvalue weighted by Crippen LogP contribution is -2.25. The maximum Gasteiger partial charge on any atom is 0.255 e. The van der Waals surface area contributed by atoms with Gasteiger partial charge in [0.2, 0.25) is 0 Å². The largest absolute Gasteiger partial charge is 0.399 e. The number of nitrogens with zero attached hydrogens (tertiary/aromatic N) is 1. The minimum absolute atomic E-state index is 0.0146. The number of nitrogens with two attached hydrogens (primary N) is 1. The van der Waals surface area contributed by atoms with Crippen molar-refractivity contribution in [1.29, 1.82) is 0 Å². The van der Waals surface area contributed by atoms with Crippen LogP contribution in [0.2, 0.25) is 0 Å². The van der Waals surface area contributed by atoms with Gasteiger partial charge in [0.15, 0.2) is 0 Å². The summed E-state index contributed by atoms with van der Waals surface area (Å²) in [6.07, 6.45) is 1.05. The van der Waals surface area contributed by atoms with Crippen LogP contribution < -0.4 is 11.1 Å². The molecule has 1 atom stereocenters. The average molecular weight is 263 g/mol. The Labute approximate surface area is 116 Å². The highest BCUT2D eigenvalue weighted by atomic mass is 16.2. The Balaban J connectivity index is 2.97. The summed E-state index contributed by atoms with van der Waals surface area (Å²) in [5.74, 6) is 0.593. The zero-order valence-corrected chi connectivity index (χ0v) is 12.5. The van der Waals surface area contributed by atoms with Crippen molar-refractivity contribution in [1.82, 2.24) is 4.90 Å². The number of nitrogens with one attached hydrogen (secondary N) is 1. The van der Waals surface area contributed by atoms with Gasteiger partial charge in [-0.2, -0.15) is 0 Å². The van der Waals surface area contributed by atoms with Crippen molar-refractivity contribution in [2.45, 2.75) is 33.2 Å². The Bertz CT molecular complexity index is 441. The van der Waals surface area contributed by atoms with E-state index in [2.05, 4.69) is 26.1 Å². The molecule has 19 heavy (non-hydrogen) atoms. The van der Waals surface area contributed by atoms with Gasteiger partial charge >= 0.3 is 0 Å². The summed E-state index contributed by atoms with van der Waals surface area (Å²) < 4.78 is 0. The molecule has 0 aliphatic rings. The van der Waals surface area contributed by atoms with Gasteiger partial charge in [0.1, 0.15) is 0 Å². The molecule has 1 amide bonds. The highest BCUT2D eigenvalue weighted by Crippen LogP contribution is 2.22. The van der Waals surface area contributed by atoms with Crippen LogP contribution in [0.1, 0.15) is 37.6 Å². The lowest BCUT2D eigenvalue weighted by molar-refractivity contribution is 0.0828. The van der Waals surface area contributed by atoms with Crippen molar-refractivity contribution in [3.63, 3.8) is 0 Å². The first kappa shape index (κ1) is 15.3. The van der Waals surface area contributed by atoms with E-state index in [1.807, 2.05) is 6.07 Å². The van der Waals surface area contributed by atoms with E-state index in [-0.39, 0.29) is 5.91 Å². The molecule has 1 aromatic rings. The number of carbonyl (C=O) groups is 1. The number of hydrogen-bond acceptors (Lipinski definition) is 3. The van der Waals surface area contributed by atoms with Crippen LogP contribution in [0.5, 0.6) is 0 Å². The highest BCUT2D eigenvalue weighted by Gasteiger charge is 2.15. The van der Waals surface area contributed by atoms with Crippen molar-refractivity contribution < 1.29 is 4.79 Å². The zero-order valence-electron chi connectivity index (χ0n) is 12.5. The van der Waals surface area contributed by atoms with E-state index < -0.39 is 0 Å². The number of carbonyl (C=O) groups excluding carboxylic acids is 1. The lowest BCUT2D eigenvalue weighted by Gasteiger charge is -2.21. The van der Waals surface area contributed by atoms with Gasteiger partial charge in [-0.15, -0.1) is 0 Å². The summed E-state index contributed by atoms with van der Waals surface area (Å²) in [5, 5.41) is 3.39. The van der Waals surface area contributed by atoms with Crippen LogP contribution in [0.3, 0.4) is 0 Å². The summed E-state index contributed by atoms with van der Waals surface area (Å²) in [7, 11) is 3.50. The van der Waals surface area contributed by atoms with E-state index in [1.165, 1.54) is 0 Å². The van der Waals surface area contributed by atoms with E-state index in [0.29, 0.717) is 23.2 Å². The molecular formula is C15H25N3O. The molecule has 1 aromatic carbocycles. The van der Waals surface area contributed by atoms with Crippen molar-refractivity contribution in [3.8, 4) is 0 Å². The predicted octanol–water partition coefficient (Wildman–Crippen LogP) is 2.82. The van der Waals surface area contributed by atoms with Crippen LogP contribution in [-0.4, -0.2) is 30.9 Å². The van der Waals surface area contributed by atoms with Crippen molar-refractivity contribution >= 4 is 17.3 Å². The van der Waals surface area contributed by atoms with E-state index >= 15 is 0 Å². The summed E-state index contributed by atoms with van der Waals surface area (Å²) in [6.45, 7) is 6.49. The van der Waals surface area contributed by atoms with E-state index in [9.17, 15) is 4.79 Å². The van der Waals surface area contributed by atoms with Gasteiger partial charge < -0.3 is 16.0 Å². The Hall–Kier alpha value is -1.71. The molecule has 0 heterocycles. The quantitative estimate of drug-likeness (QED) is 0.803. The van der Waals surface area contributed by atoms with Gasteiger partial charge in [0.25, 0.3) is 5.91 Å². The van der Waals surface area contributed by atoms with Crippen LogP contribution >= 0.6 is 0 Å². The molecule has 3 N–H and O–H groups in total. The fourth-order valence-corrected chi connectivity index (χ4v) is 2.14. The van der Waals surface area contributed by atoms with Crippen molar-refractivity contribution in [2.75, 3.05) is 25.1 Å². The molecule has 0 saturated carbocycles. The summed E-state index contributed by atoms with van der Waals surface area (Å²) >= 11 is 0. The summed E-state index contributed by atoms with van der Waals surface area (Å²) in [4.78, 5) is 13.7. The van der Waals surface area contributed by atoms with Gasteiger partial charge in [-0.05, 0) is 37.5 Å². The summed E-state index contributed by atoms with van der Waals surface area (Å²) in [5.41, 5.74) is 7.95. The molecule has 4 nitrogen and oxygen atoms in total. The Morgan fingerprint density at radius 3 is 2.47 bits per heavy atom. The minimum atomic E-state index is -0.0146. The van der Waals surface area contributed by atoms with Crippen molar-refractivity contribution in [3.05, 3.63) is 23.8 Å². The van der Waals surface area contributed by atoms with Crippen molar-refractivity contribution in [2.24, 2.45) is 5.92 Å². The molecule has 1 unspecified atom stereocenters. The van der Waals surface area contributed by atoms with Gasteiger partial charge in [-0.3, -0.25) is 4.79 Å². The van der Waals surface area contributed by atoms with Crippen LogP contribution in [0, 0.1) is 5.92 Å². The normalized spacial score (nSPS) is 12.3. The van der Waals surface area contributed by atoms with Crippen LogP contribution in [0.15, 0.2) is 18.2 Å². The van der Waals surface area contributed by atoms with Gasteiger partial charge in [0.05, 0.1) is 5.56 Å². The average Bonchev–Trinajstić information content (AvgIpc) is 2.26. The topological polar surface area (TPSA) is 58.4 Å². The molecular weight excluding hydrogens is 238 g/mol. The molecule has 4 heteroatoms. The Kier molecular flexibility index (Phi) is 5.21. The first-order chi connectivity index (χ1) is 8.81. The SMILES string of the molecule is CC(C)CC(C)Nc1cc(N)ccc1C(=O)N(C)C. The summed E-state index contributed by atoms with van der Waals surface area (Å²) in [6, 6.07) is 5.67. The van der Waals surface area contributed by atoms with Crippen LogP contribution in [-0.2, 0) is 0 Å². The number of benzene rings is 1. The van der Waals surface area contributed by atoms with Crippen LogP contribution in [0.25, 0.3) is 0 Å². The molecule has 0 bridgehead atoms. The fourth-order valence-electron chi connectivity index (χ4n) is 2.14. The molecule has 1 rings (SSSR count). The highest BCUT2D eigenvalue weighted by molar-refractivity contribution is 6.00. The smallest absolute Gasteiger partial charge is 0.255 e. The van der Waals surface area contributed by atoms with E-state index in [4.69, 9.17) is 5.73 Å². The maximum absolute atomic E-state index is 12.1. The second-order valence-electron chi connectivity index (χ2n) is 5.68. The molecule has 0 radical (unpaired) electrons. The number of amides is 1. The third-order valence-corrected chi connectivity index (χ3v) is 2.91. The standard InChI is InChI=1S/C15H25N3O/c1-10(2)8-11(3)17-14-9-12(16)6-7-13(14)15(19)18(4)5/h6-7,9-11,17H,8,16H2,1-5H3. The minimum Gasteiger partial charge on any atom is -0.399 e. The van der Waals surface area contributed by atoms with Gasteiger partial charge in [-0.1, -0.05) is 13.8 Å². The fraction of sp³-hybridized carbons (Fsp3) is 0.533. The second kappa shape index (κ2) is 6.45. The lowest BCUT2D eigenvalue weighted by atomic mass is 10.0. The first-order valence-corrected chi connectivity index (χ1v) is 6.69. The second-order valence-corrected chi connectivity index (χ2v) is 5.68. The molecule has 0 aromatic heterocycles. The molecule has 0 fully saturated rings. The number of nitrogen functional groups attached to an aromatic ring is 1. The Morgan fingerprint density at radius 2 is 1.95 bits per heavy atom. The third kappa shape index (κ3) is 4.47. The first-order valence-electron chi connectivity index (χ1n) is 6.69. The zero-order chi connectivity index (χ0) is 14.6. The maximum atomic E-state index is 12.1. The van der Waals surface area contributed by atoms with E-state index in [0.717, 1.165) is 12.1 Å². The monoisotopic (exact) mass is 263 g/mol. The molecule has 0 spiro atoms. The third-order valence-electron chi connectivity index (χ3n) is 2.91. The molecule has 0 saturated heterocycles. The number of rotatable bonds is 5. The van der Waals surface area contributed by atoms with Gasteiger partial charge in [-0.25, -0.2) is 0 Å². The van der Waals surface area contributed by atoms with Gasteiger partial charge in [0, 0.05) is 31.5 Å². The molecule has 0 aliphatic carbocycles. The Morgan fingerprint density at radius 1 is 1.32 bits per heavy atom. The number of anilines is 2. The molecule has 106 valence electrons.